The Bertz CT molecular complexity index is 471. The van der Waals surface area contributed by atoms with Crippen LogP contribution in [0.2, 0.25) is 0 Å². The number of alkyl carbamates (subject to hydrolysis) is 1. The van der Waals surface area contributed by atoms with Crippen LogP contribution in [-0.2, 0) is 4.74 Å². The first-order valence-electron chi connectivity index (χ1n) is 7.10. The summed E-state index contributed by atoms with van der Waals surface area (Å²) in [7, 11) is 0. The van der Waals surface area contributed by atoms with Gasteiger partial charge in [-0.2, -0.15) is 0 Å². The summed E-state index contributed by atoms with van der Waals surface area (Å²) in [6, 6.07) is 8.43. The van der Waals surface area contributed by atoms with Crippen molar-refractivity contribution in [1.29, 1.82) is 0 Å². The summed E-state index contributed by atoms with van der Waals surface area (Å²) in [5.74, 6) is 0.592. The maximum Gasteiger partial charge on any atom is 0.408 e. The molecule has 0 aromatic heterocycles. The summed E-state index contributed by atoms with van der Waals surface area (Å²) in [6.07, 6.45) is -0.625. The van der Waals surface area contributed by atoms with Crippen molar-refractivity contribution in [2.75, 3.05) is 12.5 Å². The Kier molecular flexibility index (Phi) is 6.50. The molecule has 1 amide bonds. The molecular formula is C16H24ClNO4. The molecule has 0 spiro atoms. The van der Waals surface area contributed by atoms with Crippen LogP contribution >= 0.6 is 11.6 Å². The lowest BCUT2D eigenvalue weighted by atomic mass is 9.99. The zero-order valence-corrected chi connectivity index (χ0v) is 14.2. The van der Waals surface area contributed by atoms with Gasteiger partial charge in [0.15, 0.2) is 0 Å². The van der Waals surface area contributed by atoms with Gasteiger partial charge in [0.05, 0.1) is 17.5 Å². The lowest BCUT2D eigenvalue weighted by Gasteiger charge is -2.32. The van der Waals surface area contributed by atoms with Crippen molar-refractivity contribution >= 4 is 17.7 Å². The lowest BCUT2D eigenvalue weighted by Crippen LogP contribution is -2.56. The molecule has 0 bridgehead atoms. The molecule has 124 valence electrons. The third-order valence-electron chi connectivity index (χ3n) is 2.87. The van der Waals surface area contributed by atoms with Crippen molar-refractivity contribution in [3.8, 4) is 5.75 Å². The molecule has 0 radical (unpaired) electrons. The molecule has 0 aliphatic carbocycles. The van der Waals surface area contributed by atoms with Crippen LogP contribution in [0, 0.1) is 0 Å². The zero-order valence-electron chi connectivity index (χ0n) is 13.4. The van der Waals surface area contributed by atoms with Crippen LogP contribution in [0.3, 0.4) is 0 Å². The summed E-state index contributed by atoms with van der Waals surface area (Å²) < 4.78 is 10.8. The summed E-state index contributed by atoms with van der Waals surface area (Å²) in [5.41, 5.74) is -1.95. The van der Waals surface area contributed by atoms with E-state index in [9.17, 15) is 9.90 Å². The van der Waals surface area contributed by atoms with Gasteiger partial charge in [-0.05, 0) is 39.8 Å². The topological polar surface area (TPSA) is 67.8 Å². The van der Waals surface area contributed by atoms with E-state index in [2.05, 4.69) is 5.32 Å². The molecule has 0 saturated heterocycles. The van der Waals surface area contributed by atoms with E-state index in [1.807, 2.05) is 18.2 Å². The maximum absolute atomic E-state index is 11.9. The third kappa shape index (κ3) is 6.54. The number of para-hydroxylation sites is 1. The van der Waals surface area contributed by atoms with Crippen molar-refractivity contribution in [3.63, 3.8) is 0 Å². The van der Waals surface area contributed by atoms with Crippen molar-refractivity contribution in [1.82, 2.24) is 5.32 Å². The number of halogens is 1. The molecule has 1 aromatic rings. The minimum atomic E-state index is -1.33. The van der Waals surface area contributed by atoms with Gasteiger partial charge in [-0.3, -0.25) is 0 Å². The van der Waals surface area contributed by atoms with Crippen molar-refractivity contribution in [2.45, 2.75) is 44.9 Å². The van der Waals surface area contributed by atoms with Gasteiger partial charge >= 0.3 is 6.09 Å². The summed E-state index contributed by atoms with van der Waals surface area (Å²) >= 11 is 5.79. The smallest absolute Gasteiger partial charge is 0.408 e. The first-order chi connectivity index (χ1) is 10.1. The Morgan fingerprint density at radius 2 is 1.86 bits per heavy atom. The number of aliphatic hydroxyl groups is 1. The number of hydrogen-bond acceptors (Lipinski definition) is 4. The van der Waals surface area contributed by atoms with Gasteiger partial charge < -0.3 is 19.9 Å². The number of amides is 1. The van der Waals surface area contributed by atoms with Gasteiger partial charge in [0, 0.05) is 0 Å². The highest BCUT2D eigenvalue weighted by atomic mass is 35.5. The standard InChI is InChI=1S/C16H24ClNO4/c1-15(2,3)22-14(19)18-13(16(4,20)11-17)10-21-12-8-6-5-7-9-12/h5-9,13,20H,10-11H2,1-4H3,(H,18,19)/t13-,16?/m0/s1. The number of carbonyl (C=O) groups is 1. The van der Waals surface area contributed by atoms with Crippen LogP contribution in [-0.4, -0.2) is 40.9 Å². The van der Waals surface area contributed by atoms with Crippen molar-refractivity contribution < 1.29 is 19.4 Å². The highest BCUT2D eigenvalue weighted by Gasteiger charge is 2.34. The molecular weight excluding hydrogens is 306 g/mol. The number of carbonyl (C=O) groups excluding carboxylic acids is 1. The average molecular weight is 330 g/mol. The van der Waals surface area contributed by atoms with E-state index in [1.165, 1.54) is 6.92 Å². The molecule has 2 atom stereocenters. The van der Waals surface area contributed by atoms with Gasteiger partial charge in [0.2, 0.25) is 0 Å². The Balaban J connectivity index is 2.70. The fourth-order valence-electron chi connectivity index (χ4n) is 1.62. The second-order valence-electron chi connectivity index (χ2n) is 6.31. The Morgan fingerprint density at radius 3 is 2.36 bits per heavy atom. The van der Waals surface area contributed by atoms with E-state index in [4.69, 9.17) is 21.1 Å². The lowest BCUT2D eigenvalue weighted by molar-refractivity contribution is 0.00663. The molecule has 0 aliphatic heterocycles. The predicted molar refractivity (Wildman–Crippen MR) is 86.4 cm³/mol. The number of ether oxygens (including phenoxy) is 2. The van der Waals surface area contributed by atoms with Gasteiger partial charge in [-0.15, -0.1) is 11.6 Å². The number of nitrogens with one attached hydrogen (secondary N) is 1. The molecule has 1 rings (SSSR count). The van der Waals surface area contributed by atoms with E-state index in [-0.39, 0.29) is 12.5 Å². The summed E-state index contributed by atoms with van der Waals surface area (Å²) in [6.45, 7) is 6.91. The summed E-state index contributed by atoms with van der Waals surface area (Å²) in [5, 5.41) is 12.9. The van der Waals surface area contributed by atoms with E-state index < -0.39 is 23.3 Å². The van der Waals surface area contributed by atoms with Gasteiger partial charge in [0.1, 0.15) is 18.0 Å². The Morgan fingerprint density at radius 1 is 1.27 bits per heavy atom. The maximum atomic E-state index is 11.9. The third-order valence-corrected chi connectivity index (χ3v) is 3.41. The predicted octanol–water partition coefficient (Wildman–Crippen LogP) is 2.95. The Hall–Kier alpha value is -1.46. The first-order valence-corrected chi connectivity index (χ1v) is 7.63. The van der Waals surface area contributed by atoms with Gasteiger partial charge in [-0.1, -0.05) is 18.2 Å². The molecule has 22 heavy (non-hydrogen) atoms. The number of rotatable bonds is 6. The van der Waals surface area contributed by atoms with Crippen LogP contribution in [0.1, 0.15) is 27.7 Å². The second-order valence-corrected chi connectivity index (χ2v) is 6.58. The SMILES string of the molecule is CC(C)(C)OC(=O)N[C@@H](COc1ccccc1)C(C)(O)CCl. The fraction of sp³-hybridized carbons (Fsp3) is 0.562. The molecule has 1 unspecified atom stereocenters. The van der Waals surface area contributed by atoms with Crippen LogP contribution in [0.25, 0.3) is 0 Å². The molecule has 6 heteroatoms. The van der Waals surface area contributed by atoms with Gasteiger partial charge in [-0.25, -0.2) is 4.79 Å². The fourth-order valence-corrected chi connectivity index (χ4v) is 1.80. The molecule has 1 aromatic carbocycles. The molecule has 0 fully saturated rings. The minimum Gasteiger partial charge on any atom is -0.491 e. The van der Waals surface area contributed by atoms with Gasteiger partial charge in [0.25, 0.3) is 0 Å². The zero-order chi connectivity index (χ0) is 16.8. The quantitative estimate of drug-likeness (QED) is 0.787. The molecule has 2 N–H and O–H groups in total. The second kappa shape index (κ2) is 7.70. The highest BCUT2D eigenvalue weighted by Crippen LogP contribution is 2.16. The molecule has 0 heterocycles. The largest absolute Gasteiger partial charge is 0.491 e. The first kappa shape index (κ1) is 18.6. The molecule has 0 aliphatic rings. The highest BCUT2D eigenvalue weighted by molar-refractivity contribution is 6.18. The molecule has 0 saturated carbocycles. The normalized spacial score (nSPS) is 15.5. The summed E-state index contributed by atoms with van der Waals surface area (Å²) in [4.78, 5) is 11.9. The number of alkyl halides is 1. The van der Waals surface area contributed by atoms with E-state index in [0.29, 0.717) is 5.75 Å². The number of benzene rings is 1. The minimum absolute atomic E-state index is 0.0500. The van der Waals surface area contributed by atoms with Crippen molar-refractivity contribution in [3.05, 3.63) is 30.3 Å². The Labute approximate surface area is 136 Å². The van der Waals surface area contributed by atoms with E-state index in [1.54, 1.807) is 32.9 Å². The van der Waals surface area contributed by atoms with E-state index >= 15 is 0 Å². The van der Waals surface area contributed by atoms with Crippen LogP contribution in [0.15, 0.2) is 30.3 Å². The average Bonchev–Trinajstić information content (AvgIpc) is 2.42. The number of hydrogen-bond donors (Lipinski definition) is 2. The van der Waals surface area contributed by atoms with E-state index in [0.717, 1.165) is 0 Å². The molecule has 5 nitrogen and oxygen atoms in total. The van der Waals surface area contributed by atoms with Crippen LogP contribution < -0.4 is 10.1 Å². The van der Waals surface area contributed by atoms with Crippen LogP contribution in [0.5, 0.6) is 5.75 Å². The van der Waals surface area contributed by atoms with Crippen LogP contribution in [0.4, 0.5) is 4.79 Å². The monoisotopic (exact) mass is 329 g/mol. The van der Waals surface area contributed by atoms with Crippen molar-refractivity contribution in [2.24, 2.45) is 0 Å².